The number of piperazine rings is 1. The van der Waals surface area contributed by atoms with Crippen molar-refractivity contribution in [2.75, 3.05) is 57.0 Å². The fraction of sp³-hybridized carbons (Fsp3) is 0.409. The van der Waals surface area contributed by atoms with Crippen LogP contribution >= 0.6 is 24.0 Å². The van der Waals surface area contributed by atoms with Crippen LogP contribution in [0, 0.1) is 0 Å². The highest BCUT2D eigenvalue weighted by molar-refractivity contribution is 14.0. The summed E-state index contributed by atoms with van der Waals surface area (Å²) in [6, 6.07) is 16.6. The van der Waals surface area contributed by atoms with E-state index >= 15 is 0 Å². The Hall–Kier alpha value is -2.01. The third-order valence-electron chi connectivity index (χ3n) is 5.06. The van der Waals surface area contributed by atoms with Gasteiger partial charge in [-0.1, -0.05) is 24.3 Å². The molecule has 7 nitrogen and oxygen atoms in total. The molecule has 0 radical (unpaired) electrons. The summed E-state index contributed by atoms with van der Waals surface area (Å²) in [5.41, 5.74) is 1.14. The Balaban J connectivity index is 0.00000341. The molecule has 1 aliphatic heterocycles. The molecular formula is C22H31IN4O3S. The van der Waals surface area contributed by atoms with Crippen LogP contribution < -0.4 is 15.0 Å². The summed E-state index contributed by atoms with van der Waals surface area (Å²) < 4.78 is 30.3. The van der Waals surface area contributed by atoms with Crippen LogP contribution in [0.25, 0.3) is 0 Å². The number of guanidine groups is 1. The van der Waals surface area contributed by atoms with Gasteiger partial charge in [-0.2, -0.15) is 0 Å². The Morgan fingerprint density at radius 2 is 1.77 bits per heavy atom. The first-order valence-electron chi connectivity index (χ1n) is 10.2. The second-order valence-electron chi connectivity index (χ2n) is 7.04. The molecule has 0 aliphatic carbocycles. The number of rotatable bonds is 7. The molecule has 0 saturated carbocycles. The highest BCUT2D eigenvalue weighted by atomic mass is 127. The van der Waals surface area contributed by atoms with Gasteiger partial charge in [-0.3, -0.25) is 4.99 Å². The number of nitrogens with one attached hydrogen (secondary N) is 1. The molecule has 0 amide bonds. The van der Waals surface area contributed by atoms with Gasteiger partial charge in [-0.25, -0.2) is 8.42 Å². The van der Waals surface area contributed by atoms with Gasteiger partial charge < -0.3 is 19.9 Å². The number of methoxy groups -OCH3 is 1. The molecule has 2 aromatic rings. The van der Waals surface area contributed by atoms with Crippen molar-refractivity contribution >= 4 is 45.5 Å². The van der Waals surface area contributed by atoms with Gasteiger partial charge in [0.1, 0.15) is 5.75 Å². The number of hydrogen-bond acceptors (Lipinski definition) is 5. The number of sulfone groups is 1. The molecule has 0 unspecified atom stereocenters. The summed E-state index contributed by atoms with van der Waals surface area (Å²) in [5, 5.41) is 3.29. The van der Waals surface area contributed by atoms with Crippen molar-refractivity contribution < 1.29 is 13.2 Å². The van der Waals surface area contributed by atoms with E-state index < -0.39 is 9.84 Å². The second-order valence-corrected chi connectivity index (χ2v) is 9.15. The van der Waals surface area contributed by atoms with Gasteiger partial charge in [0.15, 0.2) is 15.8 Å². The van der Waals surface area contributed by atoms with Crippen LogP contribution in [0.4, 0.5) is 5.69 Å². The third kappa shape index (κ3) is 6.99. The molecule has 0 bridgehead atoms. The number of hydrogen-bond donors (Lipinski definition) is 1. The predicted molar refractivity (Wildman–Crippen MR) is 137 cm³/mol. The minimum Gasteiger partial charge on any atom is -0.497 e. The van der Waals surface area contributed by atoms with E-state index in [2.05, 4.69) is 26.2 Å². The van der Waals surface area contributed by atoms with Crippen molar-refractivity contribution in [1.29, 1.82) is 0 Å². The lowest BCUT2D eigenvalue weighted by Gasteiger charge is -2.37. The van der Waals surface area contributed by atoms with Crippen molar-refractivity contribution in [2.45, 2.75) is 11.8 Å². The predicted octanol–water partition coefficient (Wildman–Crippen LogP) is 2.87. The highest BCUT2D eigenvalue weighted by Crippen LogP contribution is 2.22. The van der Waals surface area contributed by atoms with Crippen molar-refractivity contribution in [3.05, 3.63) is 54.6 Å². The van der Waals surface area contributed by atoms with Gasteiger partial charge in [0.2, 0.25) is 0 Å². The molecule has 0 spiro atoms. The van der Waals surface area contributed by atoms with E-state index in [0.29, 0.717) is 4.90 Å². The lowest BCUT2D eigenvalue weighted by molar-refractivity contribution is 0.372. The Morgan fingerprint density at radius 1 is 1.06 bits per heavy atom. The van der Waals surface area contributed by atoms with Crippen LogP contribution in [0.1, 0.15) is 6.92 Å². The molecular weight excluding hydrogens is 527 g/mol. The highest BCUT2D eigenvalue weighted by Gasteiger charge is 2.20. The minimum atomic E-state index is -3.33. The molecule has 0 atom stereocenters. The van der Waals surface area contributed by atoms with E-state index in [0.717, 1.165) is 50.1 Å². The quantitative estimate of drug-likeness (QED) is 0.320. The number of anilines is 1. The lowest BCUT2D eigenvalue weighted by atomic mass is 10.2. The summed E-state index contributed by atoms with van der Waals surface area (Å²) in [6.07, 6.45) is 0. The number of nitrogens with zero attached hydrogens (tertiary/aromatic N) is 3. The van der Waals surface area contributed by atoms with Crippen molar-refractivity contribution in [3.63, 3.8) is 0 Å². The summed E-state index contributed by atoms with van der Waals surface area (Å²) in [4.78, 5) is 9.44. The Morgan fingerprint density at radius 3 is 2.42 bits per heavy atom. The zero-order valence-electron chi connectivity index (χ0n) is 18.0. The Bertz CT molecular complexity index is 946. The topological polar surface area (TPSA) is 74.2 Å². The summed E-state index contributed by atoms with van der Waals surface area (Å²) in [5.74, 6) is 1.62. The Labute approximate surface area is 202 Å². The van der Waals surface area contributed by atoms with E-state index in [1.807, 2.05) is 31.2 Å². The number of halogens is 1. The van der Waals surface area contributed by atoms with Crippen LogP contribution in [0.3, 0.4) is 0 Å². The first-order valence-corrected chi connectivity index (χ1v) is 11.9. The van der Waals surface area contributed by atoms with Crippen LogP contribution in [0.15, 0.2) is 64.5 Å². The largest absolute Gasteiger partial charge is 0.497 e. The molecule has 2 aromatic carbocycles. The molecule has 1 N–H and O–H groups in total. The lowest BCUT2D eigenvalue weighted by Crippen LogP contribution is -2.52. The zero-order chi connectivity index (χ0) is 21.4. The average molecular weight is 558 g/mol. The molecule has 1 aliphatic rings. The van der Waals surface area contributed by atoms with Gasteiger partial charge in [-0.05, 0) is 31.2 Å². The summed E-state index contributed by atoms with van der Waals surface area (Å²) in [7, 11) is -1.65. The van der Waals surface area contributed by atoms with Crippen molar-refractivity contribution in [1.82, 2.24) is 10.2 Å². The maximum absolute atomic E-state index is 12.5. The van der Waals surface area contributed by atoms with E-state index in [9.17, 15) is 8.42 Å². The fourth-order valence-corrected chi connectivity index (χ4v) is 4.57. The molecule has 1 saturated heterocycles. The molecule has 1 fully saturated rings. The zero-order valence-corrected chi connectivity index (χ0v) is 21.2. The maximum atomic E-state index is 12.5. The summed E-state index contributed by atoms with van der Waals surface area (Å²) in [6.45, 7) is 6.33. The van der Waals surface area contributed by atoms with Gasteiger partial charge in [-0.15, -0.1) is 24.0 Å². The molecule has 31 heavy (non-hydrogen) atoms. The normalized spacial score (nSPS) is 14.7. The third-order valence-corrected chi connectivity index (χ3v) is 6.77. The van der Waals surface area contributed by atoms with E-state index in [4.69, 9.17) is 4.74 Å². The standard InChI is InChI=1S/C22H30N4O3S.HI/c1-3-23-22(24-12-17-30(27,28)21-10-5-4-6-11-21)26-15-13-25(14-16-26)19-8-7-9-20(18-19)29-2;/h4-11,18H,3,12-17H2,1-2H3,(H,23,24);1H. The molecule has 9 heteroatoms. The monoisotopic (exact) mass is 558 g/mol. The SMILES string of the molecule is CCNC(=NCCS(=O)(=O)c1ccccc1)N1CCN(c2cccc(OC)c2)CC1.I. The van der Waals surface area contributed by atoms with Crippen molar-refractivity contribution in [2.24, 2.45) is 4.99 Å². The van der Waals surface area contributed by atoms with E-state index in [1.54, 1.807) is 31.4 Å². The smallest absolute Gasteiger partial charge is 0.194 e. The molecule has 170 valence electrons. The Kier molecular flexibility index (Phi) is 9.89. The molecule has 1 heterocycles. The summed E-state index contributed by atoms with van der Waals surface area (Å²) >= 11 is 0. The number of benzene rings is 2. The van der Waals surface area contributed by atoms with Crippen LogP contribution in [0.2, 0.25) is 0 Å². The number of aliphatic imine (C=N–C) groups is 1. The van der Waals surface area contributed by atoms with Crippen molar-refractivity contribution in [3.8, 4) is 5.75 Å². The second kappa shape index (κ2) is 12.1. The van der Waals surface area contributed by atoms with Crippen LogP contribution in [-0.4, -0.2) is 71.4 Å². The van der Waals surface area contributed by atoms with Gasteiger partial charge in [0, 0.05) is 44.5 Å². The van der Waals surface area contributed by atoms with Crippen LogP contribution in [0.5, 0.6) is 5.75 Å². The first kappa shape index (κ1) is 25.3. The minimum absolute atomic E-state index is 0. The van der Waals surface area contributed by atoms with Gasteiger partial charge in [0.05, 0.1) is 24.3 Å². The van der Waals surface area contributed by atoms with E-state index in [-0.39, 0.29) is 36.3 Å². The van der Waals surface area contributed by atoms with Crippen LogP contribution in [-0.2, 0) is 9.84 Å². The van der Waals surface area contributed by atoms with E-state index in [1.165, 1.54) is 0 Å². The maximum Gasteiger partial charge on any atom is 0.194 e. The molecule has 3 rings (SSSR count). The van der Waals surface area contributed by atoms with Gasteiger partial charge >= 0.3 is 0 Å². The van der Waals surface area contributed by atoms with Gasteiger partial charge in [0.25, 0.3) is 0 Å². The number of ether oxygens (including phenoxy) is 1. The fourth-order valence-electron chi connectivity index (χ4n) is 3.43. The molecule has 0 aromatic heterocycles. The average Bonchev–Trinajstić information content (AvgIpc) is 2.79. The first-order chi connectivity index (χ1) is 14.5.